The van der Waals surface area contributed by atoms with Crippen molar-refractivity contribution in [1.29, 1.82) is 0 Å². The zero-order valence-electron chi connectivity index (χ0n) is 16.8. The molecule has 2 N–H and O–H groups in total. The van der Waals surface area contributed by atoms with Crippen LogP contribution in [0, 0.1) is 12.7 Å². The molecule has 1 unspecified atom stereocenters. The molecule has 0 aromatic heterocycles. The van der Waals surface area contributed by atoms with Crippen molar-refractivity contribution < 1.29 is 9.18 Å². The summed E-state index contributed by atoms with van der Waals surface area (Å²) in [5, 5.41) is 6.00. The maximum absolute atomic E-state index is 13.3. The van der Waals surface area contributed by atoms with Crippen molar-refractivity contribution in [3.8, 4) is 0 Å². The van der Waals surface area contributed by atoms with Gasteiger partial charge < -0.3 is 20.4 Å². The highest BCUT2D eigenvalue weighted by molar-refractivity contribution is 5.96. The van der Waals surface area contributed by atoms with Crippen molar-refractivity contribution in [2.75, 3.05) is 48.3 Å². The molecular formula is C22H29FN4O. The molecule has 0 spiro atoms. The van der Waals surface area contributed by atoms with Crippen molar-refractivity contribution in [2.45, 2.75) is 26.8 Å². The Labute approximate surface area is 166 Å². The standard InChI is InChI=1S/C22H29FN4O/c1-4-26-10-12-27(13-11-26)20-8-9-21(16(2)14-20)24-17(3)22(28)25-19-7-5-6-18(23)15-19/h5-9,14-15,17,24H,4,10-13H2,1-3H3,(H,25,28). The van der Waals surface area contributed by atoms with Crippen molar-refractivity contribution in [3.63, 3.8) is 0 Å². The number of carbonyl (C=O) groups is 1. The van der Waals surface area contributed by atoms with E-state index in [1.807, 2.05) is 13.0 Å². The summed E-state index contributed by atoms with van der Waals surface area (Å²) in [5.41, 5.74) is 3.70. The lowest BCUT2D eigenvalue weighted by molar-refractivity contribution is -0.116. The van der Waals surface area contributed by atoms with Gasteiger partial charge >= 0.3 is 0 Å². The smallest absolute Gasteiger partial charge is 0.246 e. The molecule has 1 atom stereocenters. The number of hydrogen-bond acceptors (Lipinski definition) is 4. The van der Waals surface area contributed by atoms with E-state index in [1.165, 1.54) is 17.8 Å². The van der Waals surface area contributed by atoms with Crippen LogP contribution in [0.1, 0.15) is 19.4 Å². The molecule has 0 aliphatic carbocycles. The number of benzene rings is 2. The van der Waals surface area contributed by atoms with Gasteiger partial charge in [0.2, 0.25) is 5.91 Å². The molecule has 0 radical (unpaired) electrons. The normalized spacial score (nSPS) is 15.9. The van der Waals surface area contributed by atoms with E-state index in [1.54, 1.807) is 19.1 Å². The average Bonchev–Trinajstić information content (AvgIpc) is 2.69. The van der Waals surface area contributed by atoms with Gasteiger partial charge in [-0.25, -0.2) is 4.39 Å². The van der Waals surface area contributed by atoms with E-state index in [9.17, 15) is 9.18 Å². The van der Waals surface area contributed by atoms with E-state index in [0.717, 1.165) is 44.0 Å². The fourth-order valence-electron chi connectivity index (χ4n) is 3.44. The third-order valence-electron chi connectivity index (χ3n) is 5.25. The van der Waals surface area contributed by atoms with Crippen LogP contribution >= 0.6 is 0 Å². The van der Waals surface area contributed by atoms with Crippen LogP contribution in [-0.4, -0.2) is 49.6 Å². The fourth-order valence-corrected chi connectivity index (χ4v) is 3.44. The van der Waals surface area contributed by atoms with Crippen LogP contribution in [0.4, 0.5) is 21.5 Å². The summed E-state index contributed by atoms with van der Waals surface area (Å²) in [6, 6.07) is 11.8. The van der Waals surface area contributed by atoms with Gasteiger partial charge in [0.1, 0.15) is 11.9 Å². The molecule has 150 valence electrons. The highest BCUT2D eigenvalue weighted by Gasteiger charge is 2.18. The Morgan fingerprint density at radius 2 is 1.89 bits per heavy atom. The van der Waals surface area contributed by atoms with Crippen LogP contribution in [0.2, 0.25) is 0 Å². The number of carbonyl (C=O) groups excluding carboxylic acids is 1. The summed E-state index contributed by atoms with van der Waals surface area (Å²) < 4.78 is 13.3. The molecule has 6 heteroatoms. The monoisotopic (exact) mass is 384 g/mol. The van der Waals surface area contributed by atoms with Crippen molar-refractivity contribution in [3.05, 3.63) is 53.8 Å². The third kappa shape index (κ3) is 5.01. The van der Waals surface area contributed by atoms with Gasteiger partial charge in [-0.15, -0.1) is 0 Å². The second kappa shape index (κ2) is 9.06. The second-order valence-corrected chi connectivity index (χ2v) is 7.29. The highest BCUT2D eigenvalue weighted by atomic mass is 19.1. The van der Waals surface area contributed by atoms with E-state index in [0.29, 0.717) is 5.69 Å². The van der Waals surface area contributed by atoms with Gasteiger partial charge in [0.15, 0.2) is 0 Å². The highest BCUT2D eigenvalue weighted by Crippen LogP contribution is 2.24. The van der Waals surface area contributed by atoms with Crippen LogP contribution in [0.3, 0.4) is 0 Å². The number of piperazine rings is 1. The third-order valence-corrected chi connectivity index (χ3v) is 5.25. The summed E-state index contributed by atoms with van der Waals surface area (Å²) >= 11 is 0. The Hall–Kier alpha value is -2.60. The first-order valence-electron chi connectivity index (χ1n) is 9.87. The molecule has 1 aliphatic rings. The summed E-state index contributed by atoms with van der Waals surface area (Å²) in [5.74, 6) is -0.575. The molecular weight excluding hydrogens is 355 g/mol. The van der Waals surface area contributed by atoms with E-state index < -0.39 is 6.04 Å². The molecule has 0 bridgehead atoms. The Morgan fingerprint density at radius 3 is 2.54 bits per heavy atom. The summed E-state index contributed by atoms with van der Waals surface area (Å²) in [7, 11) is 0. The van der Waals surface area contributed by atoms with Gasteiger partial charge in [0, 0.05) is 43.2 Å². The molecule has 1 amide bonds. The van der Waals surface area contributed by atoms with Gasteiger partial charge in [0.05, 0.1) is 0 Å². The number of aryl methyl sites for hydroxylation is 1. The molecule has 2 aromatic rings. The Kier molecular flexibility index (Phi) is 6.52. The number of hydrogen-bond donors (Lipinski definition) is 2. The number of anilines is 3. The van der Waals surface area contributed by atoms with Crippen LogP contribution in [0.25, 0.3) is 0 Å². The molecule has 1 aliphatic heterocycles. The zero-order valence-corrected chi connectivity index (χ0v) is 16.8. The van der Waals surface area contributed by atoms with E-state index in [-0.39, 0.29) is 11.7 Å². The van der Waals surface area contributed by atoms with Gasteiger partial charge in [0.25, 0.3) is 0 Å². The molecule has 0 saturated carbocycles. The maximum Gasteiger partial charge on any atom is 0.246 e. The topological polar surface area (TPSA) is 47.6 Å². The lowest BCUT2D eigenvalue weighted by Crippen LogP contribution is -2.46. The number of amides is 1. The van der Waals surface area contributed by atoms with E-state index >= 15 is 0 Å². The van der Waals surface area contributed by atoms with Crippen LogP contribution in [0.15, 0.2) is 42.5 Å². The first-order chi connectivity index (χ1) is 13.5. The van der Waals surface area contributed by atoms with Gasteiger partial charge in [-0.05, 0) is 62.4 Å². The molecule has 1 saturated heterocycles. The maximum atomic E-state index is 13.3. The van der Waals surface area contributed by atoms with Crippen molar-refractivity contribution in [2.24, 2.45) is 0 Å². The summed E-state index contributed by atoms with van der Waals surface area (Å²) in [6.45, 7) is 11.4. The van der Waals surface area contributed by atoms with Crippen LogP contribution < -0.4 is 15.5 Å². The van der Waals surface area contributed by atoms with Gasteiger partial charge in [-0.2, -0.15) is 0 Å². The zero-order chi connectivity index (χ0) is 20.1. The minimum Gasteiger partial charge on any atom is -0.374 e. The number of nitrogens with one attached hydrogen (secondary N) is 2. The van der Waals surface area contributed by atoms with Gasteiger partial charge in [-0.3, -0.25) is 4.79 Å². The molecule has 28 heavy (non-hydrogen) atoms. The number of likely N-dealkylation sites (N-methyl/N-ethyl adjacent to an activating group) is 1. The van der Waals surface area contributed by atoms with Crippen molar-refractivity contribution in [1.82, 2.24) is 4.90 Å². The Bertz CT molecular complexity index is 818. The summed E-state index contributed by atoms with van der Waals surface area (Å²) in [4.78, 5) is 17.3. The predicted octanol–water partition coefficient (Wildman–Crippen LogP) is 3.72. The Morgan fingerprint density at radius 1 is 1.14 bits per heavy atom. The first-order valence-corrected chi connectivity index (χ1v) is 9.87. The Balaban J connectivity index is 1.60. The molecule has 1 heterocycles. The van der Waals surface area contributed by atoms with E-state index in [2.05, 4.69) is 39.5 Å². The predicted molar refractivity (Wildman–Crippen MR) is 114 cm³/mol. The number of halogens is 1. The lowest BCUT2D eigenvalue weighted by atomic mass is 10.1. The number of nitrogens with zero attached hydrogens (tertiary/aromatic N) is 2. The minimum absolute atomic E-state index is 0.204. The largest absolute Gasteiger partial charge is 0.374 e. The molecule has 3 rings (SSSR count). The number of rotatable bonds is 6. The minimum atomic E-state index is -0.444. The molecule has 5 nitrogen and oxygen atoms in total. The quantitative estimate of drug-likeness (QED) is 0.797. The van der Waals surface area contributed by atoms with Crippen molar-refractivity contribution >= 4 is 23.0 Å². The first kappa shape index (κ1) is 20.1. The average molecular weight is 384 g/mol. The van der Waals surface area contributed by atoms with Gasteiger partial charge in [-0.1, -0.05) is 13.0 Å². The van der Waals surface area contributed by atoms with E-state index in [4.69, 9.17) is 0 Å². The fraction of sp³-hybridized carbons (Fsp3) is 0.409. The SMILES string of the molecule is CCN1CCN(c2ccc(NC(C)C(=O)Nc3cccc(F)c3)c(C)c2)CC1. The molecule has 1 fully saturated rings. The summed E-state index contributed by atoms with van der Waals surface area (Å²) in [6.07, 6.45) is 0. The molecule has 2 aromatic carbocycles. The van der Waals surface area contributed by atoms with Crippen LogP contribution in [-0.2, 0) is 4.79 Å². The second-order valence-electron chi connectivity index (χ2n) is 7.29. The van der Waals surface area contributed by atoms with Crippen LogP contribution in [0.5, 0.6) is 0 Å². The lowest BCUT2D eigenvalue weighted by Gasteiger charge is -2.35.